The highest BCUT2D eigenvalue weighted by Gasteiger charge is 2.39. The van der Waals surface area contributed by atoms with Crippen LogP contribution >= 0.6 is 11.6 Å². The summed E-state index contributed by atoms with van der Waals surface area (Å²) in [5.41, 5.74) is 2.07. The minimum Gasteiger partial charge on any atom is -0.491 e. The van der Waals surface area contributed by atoms with Crippen LogP contribution in [0.2, 0.25) is 23.2 Å². The fourth-order valence-electron chi connectivity index (χ4n) is 6.40. The first-order valence-corrected chi connectivity index (χ1v) is 20.2. The zero-order valence-corrected chi connectivity index (χ0v) is 30.2. The highest BCUT2D eigenvalue weighted by molar-refractivity contribution is 6.72. The van der Waals surface area contributed by atoms with Crippen LogP contribution in [0.1, 0.15) is 113 Å². The molecular weight excluding hydrogens is 614 g/mol. The van der Waals surface area contributed by atoms with Gasteiger partial charge in [-0.2, -0.15) is 4.98 Å². The van der Waals surface area contributed by atoms with Crippen molar-refractivity contribution in [1.29, 1.82) is 0 Å². The Morgan fingerprint density at radius 2 is 1.72 bits per heavy atom. The Morgan fingerprint density at radius 1 is 1.07 bits per heavy atom. The zero-order valence-electron chi connectivity index (χ0n) is 28.5. The number of benzene rings is 2. The number of amides is 1. The molecule has 1 atom stereocenters. The fraction of sp³-hybridized carbons (Fsp3) is 0.541. The van der Waals surface area contributed by atoms with Gasteiger partial charge in [0.1, 0.15) is 5.82 Å². The molecule has 4 rings (SSSR count). The number of hydrogen-bond acceptors (Lipinski definition) is 6. The van der Waals surface area contributed by atoms with Crippen LogP contribution in [-0.4, -0.2) is 52.1 Å². The average molecular weight is 666 g/mol. The molecule has 7 nitrogen and oxygen atoms in total. The molecule has 0 bridgehead atoms. The van der Waals surface area contributed by atoms with E-state index in [0.717, 1.165) is 50.5 Å². The normalized spacial score (nSPS) is 15.5. The van der Waals surface area contributed by atoms with Gasteiger partial charge < -0.3 is 19.5 Å². The van der Waals surface area contributed by atoms with Crippen molar-refractivity contribution in [3.63, 3.8) is 0 Å². The predicted octanol–water partition coefficient (Wildman–Crippen LogP) is 9.03. The molecule has 1 saturated carbocycles. The van der Waals surface area contributed by atoms with Gasteiger partial charge >= 0.3 is 0 Å². The van der Waals surface area contributed by atoms with Gasteiger partial charge in [0.05, 0.1) is 12.6 Å². The summed E-state index contributed by atoms with van der Waals surface area (Å²) in [5, 5.41) is 11.8. The maximum atomic E-state index is 14.7. The molecule has 0 radical (unpaired) electrons. The van der Waals surface area contributed by atoms with E-state index in [1.807, 2.05) is 67.4 Å². The number of carbonyl (C=O) groups excluding carboxylic acids is 1. The molecule has 1 heterocycles. The van der Waals surface area contributed by atoms with E-state index in [-0.39, 0.29) is 39.7 Å². The number of aromatic nitrogens is 2. The molecule has 250 valence electrons. The first kappa shape index (κ1) is 35.9. The highest BCUT2D eigenvalue weighted by atomic mass is 35.5. The summed E-state index contributed by atoms with van der Waals surface area (Å²) in [4.78, 5) is 36.9. The Bertz CT molecular complexity index is 1440. The lowest BCUT2D eigenvalue weighted by molar-refractivity contribution is 0.0671. The molecule has 9 heteroatoms. The Hall–Kier alpha value is -2.94. The molecule has 1 aliphatic rings. The molecule has 3 aromatic rings. The van der Waals surface area contributed by atoms with E-state index < -0.39 is 8.32 Å². The van der Waals surface area contributed by atoms with Crippen molar-refractivity contribution >= 4 is 25.8 Å². The molecule has 1 aliphatic carbocycles. The maximum absolute atomic E-state index is 14.7. The van der Waals surface area contributed by atoms with Crippen molar-refractivity contribution in [2.75, 3.05) is 13.2 Å². The van der Waals surface area contributed by atoms with Gasteiger partial charge in [-0.25, -0.2) is 4.98 Å². The molecule has 1 unspecified atom stereocenters. The fourth-order valence-corrected chi connectivity index (χ4v) is 7.32. The number of carbonyl (C=O) groups is 1. The van der Waals surface area contributed by atoms with Crippen LogP contribution in [-0.2, 0) is 11.8 Å². The molecule has 0 aliphatic heterocycles. The second-order valence-corrected chi connectivity index (χ2v) is 19.1. The average Bonchev–Trinajstić information content (AvgIpc) is 3.49. The number of ether oxygens (including phenoxy) is 1. The van der Waals surface area contributed by atoms with Crippen LogP contribution in [0, 0.1) is 0 Å². The van der Waals surface area contributed by atoms with Crippen LogP contribution in [0.5, 0.6) is 11.6 Å². The summed E-state index contributed by atoms with van der Waals surface area (Å²) >= 11 is 6.23. The molecule has 46 heavy (non-hydrogen) atoms. The monoisotopic (exact) mass is 665 g/mol. The molecule has 1 aromatic heterocycles. The third-order valence-electron chi connectivity index (χ3n) is 10.2. The lowest BCUT2D eigenvalue weighted by atomic mass is 9.76. The van der Waals surface area contributed by atoms with Crippen molar-refractivity contribution in [1.82, 2.24) is 14.9 Å². The second kappa shape index (κ2) is 15.3. The van der Waals surface area contributed by atoms with Crippen molar-refractivity contribution < 1.29 is 19.4 Å². The summed E-state index contributed by atoms with van der Waals surface area (Å²) in [6.45, 7) is 13.1. The second-order valence-electron chi connectivity index (χ2n) is 14.1. The van der Waals surface area contributed by atoms with Crippen LogP contribution < -0.4 is 4.74 Å². The first-order valence-electron chi connectivity index (χ1n) is 16.8. The van der Waals surface area contributed by atoms with E-state index in [0.29, 0.717) is 36.8 Å². The Morgan fingerprint density at radius 3 is 2.33 bits per heavy atom. The standard InChI is InChI=1S/C37H52ClN3O4Si/c1-7-8-25-45-33-32(39-31(40-34(33)42)26-37(22-12-13-23-37)29-17-19-30(38)20-18-29)35(43)41(27(2)28-15-10-9-11-16-28)24-14-21-36(3,4)46(5,6)44/h9-11,15-20,27,44H,7-8,12-14,21-26H2,1-6H3,(H,39,40,42). The first-order chi connectivity index (χ1) is 21.8. The maximum Gasteiger partial charge on any atom is 0.277 e. The number of rotatable bonds is 15. The number of aromatic hydroxyl groups is 1. The summed E-state index contributed by atoms with van der Waals surface area (Å²) in [7, 11) is -2.42. The summed E-state index contributed by atoms with van der Waals surface area (Å²) < 4.78 is 6.05. The van der Waals surface area contributed by atoms with E-state index in [1.54, 1.807) is 0 Å². The van der Waals surface area contributed by atoms with Crippen LogP contribution in [0.4, 0.5) is 0 Å². The van der Waals surface area contributed by atoms with Gasteiger partial charge in [0.15, 0.2) is 14.0 Å². The third kappa shape index (κ3) is 8.50. The topological polar surface area (TPSA) is 95.8 Å². The smallest absolute Gasteiger partial charge is 0.277 e. The number of unbranched alkanes of at least 4 members (excludes halogenated alkanes) is 1. The SMILES string of the molecule is CCCCOc1c(O)nc(CC2(c3ccc(Cl)cc3)CCCC2)nc1C(=O)N(CCCC(C)(C)[Si](C)(C)O)C(C)c1ccccc1. The Balaban J connectivity index is 1.74. The quantitative estimate of drug-likeness (QED) is 0.124. The van der Waals surface area contributed by atoms with Crippen molar-refractivity contribution in [2.45, 2.75) is 115 Å². The Kier molecular flexibility index (Phi) is 11.9. The van der Waals surface area contributed by atoms with E-state index in [2.05, 4.69) is 37.9 Å². The van der Waals surface area contributed by atoms with Crippen molar-refractivity contribution in [2.24, 2.45) is 0 Å². The lowest BCUT2D eigenvalue weighted by Gasteiger charge is -2.36. The molecule has 0 saturated heterocycles. The van der Waals surface area contributed by atoms with Crippen LogP contribution in [0.25, 0.3) is 0 Å². The van der Waals surface area contributed by atoms with Crippen LogP contribution in [0.3, 0.4) is 0 Å². The summed E-state index contributed by atoms with van der Waals surface area (Å²) in [6, 6.07) is 17.7. The molecule has 2 N–H and O–H groups in total. The van der Waals surface area contributed by atoms with Gasteiger partial charge in [-0.1, -0.05) is 94.1 Å². The van der Waals surface area contributed by atoms with Gasteiger partial charge in [-0.15, -0.1) is 0 Å². The molecule has 1 fully saturated rings. The summed E-state index contributed by atoms with van der Waals surface area (Å²) in [5.74, 6) is -0.118. The minimum atomic E-state index is -2.42. The van der Waals surface area contributed by atoms with Gasteiger partial charge in [-0.3, -0.25) is 4.79 Å². The number of halogens is 1. The lowest BCUT2D eigenvalue weighted by Crippen LogP contribution is -2.40. The molecule has 2 aromatic carbocycles. The number of nitrogens with zero attached hydrogens (tertiary/aromatic N) is 3. The summed E-state index contributed by atoms with van der Waals surface area (Å²) in [6.07, 6.45) is 7.77. The molecular formula is C37H52ClN3O4Si. The van der Waals surface area contributed by atoms with Crippen molar-refractivity contribution in [3.05, 3.63) is 82.3 Å². The predicted molar refractivity (Wildman–Crippen MR) is 188 cm³/mol. The van der Waals surface area contributed by atoms with Gasteiger partial charge in [0.25, 0.3) is 11.8 Å². The minimum absolute atomic E-state index is 0.0451. The Labute approximate surface area is 281 Å². The van der Waals surface area contributed by atoms with E-state index in [9.17, 15) is 14.7 Å². The van der Waals surface area contributed by atoms with Crippen LogP contribution in [0.15, 0.2) is 54.6 Å². The largest absolute Gasteiger partial charge is 0.491 e. The number of hydrogen-bond donors (Lipinski definition) is 2. The van der Waals surface area contributed by atoms with Gasteiger partial charge in [0.2, 0.25) is 5.75 Å². The molecule has 0 spiro atoms. The van der Waals surface area contributed by atoms with Crippen molar-refractivity contribution in [3.8, 4) is 11.6 Å². The third-order valence-corrected chi connectivity index (χ3v) is 14.0. The van der Waals surface area contributed by atoms with E-state index in [1.165, 1.54) is 5.56 Å². The molecule has 1 amide bonds. The highest BCUT2D eigenvalue weighted by Crippen LogP contribution is 2.44. The zero-order chi connectivity index (χ0) is 33.5. The van der Waals surface area contributed by atoms with E-state index >= 15 is 0 Å². The van der Waals surface area contributed by atoms with E-state index in [4.69, 9.17) is 21.3 Å². The van der Waals surface area contributed by atoms with Gasteiger partial charge in [-0.05, 0) is 80.4 Å². The van der Waals surface area contributed by atoms with Gasteiger partial charge in [0, 0.05) is 23.4 Å².